The number of hydrogen-bond donors (Lipinski definition) is 1. The molecule has 148 valence electrons. The van der Waals surface area contributed by atoms with E-state index < -0.39 is 26.7 Å². The number of benzene rings is 1. The first-order valence-corrected chi connectivity index (χ1v) is 10.1. The molecule has 26 heavy (non-hydrogen) atoms. The Morgan fingerprint density at radius 1 is 1.15 bits per heavy atom. The minimum absolute atomic E-state index is 0.101. The number of rotatable bonds is 7. The van der Waals surface area contributed by atoms with E-state index in [9.17, 15) is 21.6 Å². The number of unbranched alkanes of at least 4 members (excludes halogenated alkanes) is 1. The zero-order chi connectivity index (χ0) is 19.4. The molecule has 2 atom stereocenters. The second kappa shape index (κ2) is 8.69. The van der Waals surface area contributed by atoms with Crippen LogP contribution >= 0.6 is 0 Å². The molecule has 0 spiro atoms. The lowest BCUT2D eigenvalue weighted by molar-refractivity contribution is -0.139. The SMILES string of the molecule is C[C@@H]1CN(CCCCNS(=O)(=O)c2ccccc2C(F)(F)F)C[C@@H](C)O1. The predicted octanol–water partition coefficient (Wildman–Crippen LogP) is 2.87. The van der Waals surface area contributed by atoms with E-state index in [1.807, 2.05) is 13.8 Å². The summed E-state index contributed by atoms with van der Waals surface area (Å²) in [6.45, 7) is 6.58. The summed E-state index contributed by atoms with van der Waals surface area (Å²) in [6, 6.07) is 4.20. The Bertz CT molecular complexity index is 685. The second-order valence-electron chi connectivity index (χ2n) is 6.62. The fraction of sp³-hybridized carbons (Fsp3) is 0.647. The van der Waals surface area contributed by atoms with Gasteiger partial charge in [0, 0.05) is 19.6 Å². The number of morpholine rings is 1. The highest BCUT2D eigenvalue weighted by molar-refractivity contribution is 7.89. The summed E-state index contributed by atoms with van der Waals surface area (Å²) in [5.41, 5.74) is -1.15. The third-order valence-electron chi connectivity index (χ3n) is 4.17. The largest absolute Gasteiger partial charge is 0.417 e. The highest BCUT2D eigenvalue weighted by Crippen LogP contribution is 2.33. The molecule has 0 amide bonds. The van der Waals surface area contributed by atoms with E-state index in [1.54, 1.807) is 0 Å². The zero-order valence-corrected chi connectivity index (χ0v) is 15.7. The molecule has 0 saturated carbocycles. The van der Waals surface area contributed by atoms with E-state index in [-0.39, 0.29) is 18.8 Å². The number of nitrogens with one attached hydrogen (secondary N) is 1. The van der Waals surface area contributed by atoms with Crippen molar-refractivity contribution in [3.05, 3.63) is 29.8 Å². The lowest BCUT2D eigenvalue weighted by Crippen LogP contribution is -2.45. The van der Waals surface area contributed by atoms with E-state index in [2.05, 4.69) is 9.62 Å². The zero-order valence-electron chi connectivity index (χ0n) is 14.9. The topological polar surface area (TPSA) is 58.6 Å². The third kappa shape index (κ3) is 5.94. The maximum atomic E-state index is 13.0. The highest BCUT2D eigenvalue weighted by atomic mass is 32.2. The van der Waals surface area contributed by atoms with Gasteiger partial charge in [-0.15, -0.1) is 0 Å². The Kier molecular flexibility index (Phi) is 7.06. The van der Waals surface area contributed by atoms with Gasteiger partial charge in [-0.3, -0.25) is 4.90 Å². The van der Waals surface area contributed by atoms with Gasteiger partial charge in [0.05, 0.1) is 22.7 Å². The van der Waals surface area contributed by atoms with Crippen LogP contribution < -0.4 is 4.72 Å². The Labute approximate surface area is 152 Å². The van der Waals surface area contributed by atoms with Gasteiger partial charge in [0.15, 0.2) is 0 Å². The van der Waals surface area contributed by atoms with E-state index in [4.69, 9.17) is 4.74 Å². The van der Waals surface area contributed by atoms with E-state index >= 15 is 0 Å². The van der Waals surface area contributed by atoms with Crippen molar-refractivity contribution in [2.75, 3.05) is 26.2 Å². The normalized spacial score (nSPS) is 22.5. The molecule has 5 nitrogen and oxygen atoms in total. The lowest BCUT2D eigenvalue weighted by atomic mass is 10.2. The second-order valence-corrected chi connectivity index (χ2v) is 8.35. The van der Waals surface area contributed by atoms with Crippen molar-refractivity contribution in [2.24, 2.45) is 0 Å². The molecule has 0 unspecified atom stereocenters. The highest BCUT2D eigenvalue weighted by Gasteiger charge is 2.36. The van der Waals surface area contributed by atoms with Crippen molar-refractivity contribution >= 4 is 10.0 Å². The molecule has 9 heteroatoms. The molecule has 1 aromatic rings. The van der Waals surface area contributed by atoms with Crippen molar-refractivity contribution in [2.45, 2.75) is 50.0 Å². The molecule has 0 aliphatic carbocycles. The molecule has 0 radical (unpaired) electrons. The summed E-state index contributed by atoms with van der Waals surface area (Å²) in [7, 11) is -4.20. The monoisotopic (exact) mass is 394 g/mol. The van der Waals surface area contributed by atoms with Crippen LogP contribution in [0.4, 0.5) is 13.2 Å². The van der Waals surface area contributed by atoms with Crippen LogP contribution in [0.5, 0.6) is 0 Å². The van der Waals surface area contributed by atoms with Gasteiger partial charge >= 0.3 is 6.18 Å². The van der Waals surface area contributed by atoms with E-state index in [0.29, 0.717) is 6.42 Å². The smallest absolute Gasteiger partial charge is 0.373 e. The van der Waals surface area contributed by atoms with Gasteiger partial charge in [0.2, 0.25) is 10.0 Å². The number of sulfonamides is 1. The van der Waals surface area contributed by atoms with Crippen LogP contribution in [0.25, 0.3) is 0 Å². The third-order valence-corrected chi connectivity index (χ3v) is 5.69. The van der Waals surface area contributed by atoms with Gasteiger partial charge in [0.25, 0.3) is 0 Å². The fourth-order valence-electron chi connectivity index (χ4n) is 3.15. The Morgan fingerprint density at radius 3 is 2.38 bits per heavy atom. The lowest BCUT2D eigenvalue weighted by Gasteiger charge is -2.35. The predicted molar refractivity (Wildman–Crippen MR) is 92.3 cm³/mol. The molecule has 1 N–H and O–H groups in total. The molecule has 1 heterocycles. The van der Waals surface area contributed by atoms with Gasteiger partial charge < -0.3 is 4.74 Å². The molecule has 1 saturated heterocycles. The summed E-state index contributed by atoms with van der Waals surface area (Å²) >= 11 is 0. The van der Waals surface area contributed by atoms with E-state index in [1.165, 1.54) is 12.1 Å². The summed E-state index contributed by atoms with van der Waals surface area (Å²) < 4.78 is 71.3. The number of hydrogen-bond acceptors (Lipinski definition) is 4. The Hall–Kier alpha value is -1.16. The molecule has 0 bridgehead atoms. The van der Waals surface area contributed by atoms with Crippen LogP contribution in [0.15, 0.2) is 29.2 Å². The first kappa shape index (κ1) is 21.1. The van der Waals surface area contributed by atoms with Gasteiger partial charge in [0.1, 0.15) is 0 Å². The summed E-state index contributed by atoms with van der Waals surface area (Å²) in [6.07, 6.45) is -3.09. The Morgan fingerprint density at radius 2 is 1.77 bits per heavy atom. The van der Waals surface area contributed by atoms with E-state index in [0.717, 1.165) is 38.2 Å². The number of alkyl halides is 3. The summed E-state index contributed by atoms with van der Waals surface area (Å²) in [4.78, 5) is 1.52. The van der Waals surface area contributed by atoms with Gasteiger partial charge in [-0.05, 0) is 45.4 Å². The average Bonchev–Trinajstić information content (AvgIpc) is 2.53. The van der Waals surface area contributed by atoms with Crippen molar-refractivity contribution in [1.29, 1.82) is 0 Å². The molecule has 1 aliphatic rings. The maximum absolute atomic E-state index is 13.0. The van der Waals surface area contributed by atoms with Crippen molar-refractivity contribution in [3.8, 4) is 0 Å². The maximum Gasteiger partial charge on any atom is 0.417 e. The standard InChI is InChI=1S/C17H25F3N2O3S/c1-13-11-22(12-14(2)25-13)10-6-5-9-21-26(23,24)16-8-4-3-7-15(16)17(18,19)20/h3-4,7-8,13-14,21H,5-6,9-12H2,1-2H3/t13-,14-/m1/s1. The fourth-order valence-corrected chi connectivity index (χ4v) is 4.45. The quantitative estimate of drug-likeness (QED) is 0.723. The van der Waals surface area contributed by atoms with Crippen LogP contribution in [0.2, 0.25) is 0 Å². The summed E-state index contributed by atoms with van der Waals surface area (Å²) in [5.74, 6) is 0. The number of ether oxygens (including phenoxy) is 1. The van der Waals surface area contributed by atoms with Crippen LogP contribution in [-0.4, -0.2) is 51.7 Å². The average molecular weight is 394 g/mol. The molecular weight excluding hydrogens is 369 g/mol. The van der Waals surface area contributed by atoms with Crippen LogP contribution in [0.1, 0.15) is 32.3 Å². The number of halogens is 3. The van der Waals surface area contributed by atoms with Crippen LogP contribution in [0.3, 0.4) is 0 Å². The molecule has 2 rings (SSSR count). The number of nitrogens with zero attached hydrogens (tertiary/aromatic N) is 1. The van der Waals surface area contributed by atoms with Crippen LogP contribution in [-0.2, 0) is 20.9 Å². The first-order valence-electron chi connectivity index (χ1n) is 8.63. The van der Waals surface area contributed by atoms with Crippen molar-refractivity contribution in [3.63, 3.8) is 0 Å². The van der Waals surface area contributed by atoms with Gasteiger partial charge in [-0.2, -0.15) is 13.2 Å². The van der Waals surface area contributed by atoms with Crippen molar-refractivity contribution in [1.82, 2.24) is 9.62 Å². The minimum atomic E-state index is -4.71. The van der Waals surface area contributed by atoms with Gasteiger partial charge in [-0.1, -0.05) is 12.1 Å². The molecule has 1 fully saturated rings. The molecule has 0 aromatic heterocycles. The Balaban J connectivity index is 1.84. The molecular formula is C17H25F3N2O3S. The molecule has 1 aromatic carbocycles. The minimum Gasteiger partial charge on any atom is -0.373 e. The summed E-state index contributed by atoms with van der Waals surface area (Å²) in [5, 5.41) is 0. The van der Waals surface area contributed by atoms with Crippen LogP contribution in [0, 0.1) is 0 Å². The first-order chi connectivity index (χ1) is 12.1. The van der Waals surface area contributed by atoms with Crippen molar-refractivity contribution < 1.29 is 26.3 Å². The molecule has 1 aliphatic heterocycles. The van der Waals surface area contributed by atoms with Gasteiger partial charge in [-0.25, -0.2) is 13.1 Å².